The summed E-state index contributed by atoms with van der Waals surface area (Å²) in [4.78, 5) is 0. The van der Waals surface area contributed by atoms with Gasteiger partial charge in [-0.3, -0.25) is 0 Å². The van der Waals surface area contributed by atoms with Crippen LogP contribution in [0, 0.1) is 0 Å². The van der Waals surface area contributed by atoms with Crippen molar-refractivity contribution in [1.82, 2.24) is 0 Å². The zero-order valence-electron chi connectivity index (χ0n) is 8.10. The molecular formula is C13H11I. The van der Waals surface area contributed by atoms with Gasteiger partial charge in [0.15, 0.2) is 0 Å². The van der Waals surface area contributed by atoms with Gasteiger partial charge >= 0.3 is 0 Å². The summed E-state index contributed by atoms with van der Waals surface area (Å²) >= 11 is 2.43. The molecule has 0 saturated carbocycles. The fraction of sp³-hybridized carbons (Fsp3) is 0.231. The van der Waals surface area contributed by atoms with Crippen molar-refractivity contribution in [2.75, 3.05) is 0 Å². The predicted octanol–water partition coefficient (Wildman–Crippen LogP) is 3.98. The first-order valence-electron chi connectivity index (χ1n) is 4.91. The quantitative estimate of drug-likeness (QED) is 0.635. The molecule has 0 spiro atoms. The van der Waals surface area contributed by atoms with Crippen molar-refractivity contribution in [1.29, 1.82) is 0 Å². The molecule has 0 amide bonds. The number of hydrogen-bond acceptors (Lipinski definition) is 0. The Kier molecular flexibility index (Phi) is 1.84. The Hall–Kier alpha value is -0.570. The second-order valence-corrected chi connectivity index (χ2v) is 5.57. The first-order valence-corrected chi connectivity index (χ1v) is 5.99. The maximum Gasteiger partial charge on any atom is 0.00389 e. The first-order chi connectivity index (χ1) is 6.72. The predicted molar refractivity (Wildman–Crippen MR) is 69.5 cm³/mol. The molecule has 0 nitrogen and oxygen atoms in total. The smallest absolute Gasteiger partial charge is 0.00389 e. The summed E-state index contributed by atoms with van der Waals surface area (Å²) in [5, 5.41) is 0. The third-order valence-corrected chi connectivity index (χ3v) is 3.64. The zero-order valence-corrected chi connectivity index (χ0v) is 10.3. The summed E-state index contributed by atoms with van der Waals surface area (Å²) in [6.45, 7) is 2.21. The van der Waals surface area contributed by atoms with E-state index in [0.29, 0.717) is 0 Å². The van der Waals surface area contributed by atoms with E-state index in [0.717, 1.165) is 12.8 Å². The van der Waals surface area contributed by atoms with Crippen LogP contribution >= 0.6 is 22.6 Å². The third kappa shape index (κ3) is 1.26. The highest BCUT2D eigenvalue weighted by molar-refractivity contribution is 14.1. The Morgan fingerprint density at radius 3 is 2.43 bits per heavy atom. The van der Waals surface area contributed by atoms with Crippen LogP contribution < -0.4 is 0 Å². The molecule has 0 heterocycles. The lowest BCUT2D eigenvalue weighted by Crippen LogP contribution is -1.88. The lowest BCUT2D eigenvalue weighted by atomic mass is 10.0. The van der Waals surface area contributed by atoms with Gasteiger partial charge in [0.05, 0.1) is 0 Å². The number of fused-ring (bicyclic) bond motifs is 2. The van der Waals surface area contributed by atoms with E-state index in [1.807, 2.05) is 0 Å². The minimum atomic E-state index is 1.13. The third-order valence-electron chi connectivity index (χ3n) is 2.94. The SMILES string of the molecule is CC1=Cc2cc3c(cc2C1)C=C(I)C3. The van der Waals surface area contributed by atoms with E-state index in [4.69, 9.17) is 0 Å². The molecule has 0 aromatic heterocycles. The lowest BCUT2D eigenvalue weighted by molar-refractivity contribution is 1.18. The Morgan fingerprint density at radius 2 is 1.64 bits per heavy atom. The van der Waals surface area contributed by atoms with E-state index in [9.17, 15) is 0 Å². The number of hydrogen-bond donors (Lipinski definition) is 0. The summed E-state index contributed by atoms with van der Waals surface area (Å²) < 4.78 is 1.46. The highest BCUT2D eigenvalue weighted by Gasteiger charge is 2.16. The van der Waals surface area contributed by atoms with Gasteiger partial charge in [-0.2, -0.15) is 0 Å². The average Bonchev–Trinajstić information content (AvgIpc) is 2.59. The molecule has 0 radical (unpaired) electrons. The van der Waals surface area contributed by atoms with Crippen LogP contribution in [0.15, 0.2) is 21.3 Å². The van der Waals surface area contributed by atoms with Crippen molar-refractivity contribution in [2.45, 2.75) is 19.8 Å². The topological polar surface area (TPSA) is 0 Å². The van der Waals surface area contributed by atoms with Gasteiger partial charge in [-0.25, -0.2) is 0 Å². The first kappa shape index (κ1) is 8.72. The maximum absolute atomic E-state index is 2.43. The van der Waals surface area contributed by atoms with Gasteiger partial charge in [-0.05, 0) is 67.8 Å². The molecule has 1 aromatic rings. The van der Waals surface area contributed by atoms with Gasteiger partial charge in [0.2, 0.25) is 0 Å². The van der Waals surface area contributed by atoms with Crippen LogP contribution in [0.3, 0.4) is 0 Å². The van der Waals surface area contributed by atoms with Crippen LogP contribution in [-0.2, 0) is 12.8 Å². The van der Waals surface area contributed by atoms with Crippen LogP contribution in [0.2, 0.25) is 0 Å². The van der Waals surface area contributed by atoms with Crippen molar-refractivity contribution < 1.29 is 0 Å². The van der Waals surface area contributed by atoms with Gasteiger partial charge in [0, 0.05) is 6.42 Å². The standard InChI is InChI=1S/C13H11I/c1-8-2-9-4-11-6-13(14)7-12(11)5-10(9)3-8/h2,4-5,7H,3,6H2,1H3. The lowest BCUT2D eigenvalue weighted by Gasteiger charge is -2.03. The molecule has 2 aliphatic rings. The van der Waals surface area contributed by atoms with E-state index in [1.165, 1.54) is 31.4 Å². The molecule has 14 heavy (non-hydrogen) atoms. The molecule has 0 atom stereocenters. The van der Waals surface area contributed by atoms with Crippen molar-refractivity contribution in [3.63, 3.8) is 0 Å². The van der Waals surface area contributed by atoms with Crippen LogP contribution in [0.25, 0.3) is 12.2 Å². The molecule has 0 aliphatic heterocycles. The normalized spacial score (nSPS) is 17.6. The number of halogens is 1. The monoisotopic (exact) mass is 294 g/mol. The second kappa shape index (κ2) is 2.96. The molecule has 0 bridgehead atoms. The Balaban J connectivity index is 2.15. The van der Waals surface area contributed by atoms with Crippen LogP contribution in [-0.4, -0.2) is 0 Å². The van der Waals surface area contributed by atoms with E-state index < -0.39 is 0 Å². The highest BCUT2D eigenvalue weighted by Crippen LogP contribution is 2.34. The second-order valence-electron chi connectivity index (χ2n) is 4.19. The summed E-state index contributed by atoms with van der Waals surface area (Å²) in [6.07, 6.45) is 6.91. The van der Waals surface area contributed by atoms with E-state index in [-0.39, 0.29) is 0 Å². The maximum atomic E-state index is 2.43. The summed E-state index contributed by atoms with van der Waals surface area (Å²) in [5.74, 6) is 0. The van der Waals surface area contributed by atoms with Gasteiger partial charge in [-0.15, -0.1) is 0 Å². The Bertz CT molecular complexity index is 433. The minimum absolute atomic E-state index is 1.13. The zero-order chi connectivity index (χ0) is 9.71. The molecule has 3 rings (SSSR count). The molecule has 2 aliphatic carbocycles. The number of benzene rings is 1. The Morgan fingerprint density at radius 1 is 1.00 bits per heavy atom. The summed E-state index contributed by atoms with van der Waals surface area (Å²) in [7, 11) is 0. The van der Waals surface area contributed by atoms with Gasteiger partial charge in [0.1, 0.15) is 0 Å². The largest absolute Gasteiger partial charge is 0.0683 e. The van der Waals surface area contributed by atoms with E-state index in [1.54, 1.807) is 0 Å². The molecule has 0 saturated heterocycles. The van der Waals surface area contributed by atoms with Gasteiger partial charge in [-0.1, -0.05) is 23.8 Å². The fourth-order valence-electron chi connectivity index (χ4n) is 2.32. The van der Waals surface area contributed by atoms with Crippen molar-refractivity contribution >= 4 is 34.7 Å². The highest BCUT2D eigenvalue weighted by atomic mass is 127. The Labute approximate surface area is 97.9 Å². The van der Waals surface area contributed by atoms with Crippen molar-refractivity contribution in [3.8, 4) is 0 Å². The van der Waals surface area contributed by atoms with Gasteiger partial charge < -0.3 is 0 Å². The molecule has 1 heteroatoms. The number of allylic oxidation sites excluding steroid dienone is 2. The van der Waals surface area contributed by atoms with E-state index >= 15 is 0 Å². The summed E-state index contributed by atoms with van der Waals surface area (Å²) in [5.41, 5.74) is 7.38. The van der Waals surface area contributed by atoms with Crippen LogP contribution in [0.4, 0.5) is 0 Å². The number of rotatable bonds is 0. The molecule has 0 unspecified atom stereocenters. The minimum Gasteiger partial charge on any atom is -0.0683 e. The molecular weight excluding hydrogens is 283 g/mol. The molecule has 0 fully saturated rings. The summed E-state index contributed by atoms with van der Waals surface area (Å²) in [6, 6.07) is 4.73. The van der Waals surface area contributed by atoms with Crippen molar-refractivity contribution in [3.05, 3.63) is 43.5 Å². The van der Waals surface area contributed by atoms with E-state index in [2.05, 4.69) is 53.8 Å². The van der Waals surface area contributed by atoms with Crippen LogP contribution in [0.1, 0.15) is 29.2 Å². The average molecular weight is 294 g/mol. The van der Waals surface area contributed by atoms with Crippen molar-refractivity contribution in [2.24, 2.45) is 0 Å². The van der Waals surface area contributed by atoms with Crippen LogP contribution in [0.5, 0.6) is 0 Å². The molecule has 1 aromatic carbocycles. The molecule has 0 N–H and O–H groups in total. The van der Waals surface area contributed by atoms with Gasteiger partial charge in [0.25, 0.3) is 0 Å². The fourth-order valence-corrected chi connectivity index (χ4v) is 3.07. The molecule has 70 valence electrons.